The number of H-pyrrole nitrogens is 1. The number of nitrogens with one attached hydrogen (secondary N) is 2. The molecule has 9 nitrogen and oxygen atoms in total. The SMILES string of the molecule is CCCCCN(CCCCC)CCn1c(=O)nc(N)c2c(=O)[nH]c(NC)nc21. The second kappa shape index (κ2) is 10.8. The van der Waals surface area contributed by atoms with Gasteiger partial charge < -0.3 is 16.0 Å². The Morgan fingerprint density at radius 3 is 2.25 bits per heavy atom. The fourth-order valence-electron chi connectivity index (χ4n) is 3.27. The normalized spacial score (nSPS) is 11.4. The summed E-state index contributed by atoms with van der Waals surface area (Å²) in [5, 5.41) is 2.96. The standard InChI is InChI=1S/C19H33N7O2/c1-4-6-8-10-25(11-9-7-5-2)12-13-26-16-14(15(20)22-19(26)28)17(27)24-18(21-3)23-16/h4-13H2,1-3H3,(H2,20,22,28)(H2,21,23,24,27). The van der Waals surface area contributed by atoms with Crippen molar-refractivity contribution in [1.82, 2.24) is 24.4 Å². The number of hydrogen-bond donors (Lipinski definition) is 3. The van der Waals surface area contributed by atoms with Gasteiger partial charge in [0.05, 0.1) is 0 Å². The Morgan fingerprint density at radius 1 is 1.04 bits per heavy atom. The number of aromatic nitrogens is 4. The summed E-state index contributed by atoms with van der Waals surface area (Å²) in [5.41, 5.74) is 5.21. The lowest BCUT2D eigenvalue weighted by molar-refractivity contribution is 0.251. The molecule has 0 aliphatic rings. The molecule has 0 aliphatic carbocycles. The van der Waals surface area contributed by atoms with Gasteiger partial charge in [0.2, 0.25) is 5.95 Å². The number of nitrogen functional groups attached to an aromatic ring is 1. The topological polar surface area (TPSA) is 122 Å². The number of aromatic amines is 1. The van der Waals surface area contributed by atoms with E-state index < -0.39 is 11.2 Å². The maximum Gasteiger partial charge on any atom is 0.351 e. The van der Waals surface area contributed by atoms with Crippen molar-refractivity contribution < 1.29 is 0 Å². The van der Waals surface area contributed by atoms with Crippen LogP contribution in [0.2, 0.25) is 0 Å². The number of unbranched alkanes of at least 4 members (excludes halogenated alkanes) is 4. The molecule has 0 radical (unpaired) electrons. The van der Waals surface area contributed by atoms with Crippen molar-refractivity contribution >= 4 is 22.8 Å². The third-order valence-corrected chi connectivity index (χ3v) is 4.89. The summed E-state index contributed by atoms with van der Waals surface area (Å²) in [6.07, 6.45) is 7.01. The highest BCUT2D eigenvalue weighted by atomic mass is 16.1. The molecule has 2 aromatic heterocycles. The Labute approximate surface area is 165 Å². The summed E-state index contributed by atoms with van der Waals surface area (Å²) < 4.78 is 1.45. The Morgan fingerprint density at radius 2 is 1.68 bits per heavy atom. The lowest BCUT2D eigenvalue weighted by Crippen LogP contribution is -2.35. The van der Waals surface area contributed by atoms with Gasteiger partial charge in [0.15, 0.2) is 5.65 Å². The molecule has 0 unspecified atom stereocenters. The molecule has 0 amide bonds. The molecule has 0 saturated carbocycles. The largest absolute Gasteiger partial charge is 0.383 e. The lowest BCUT2D eigenvalue weighted by Gasteiger charge is -2.23. The van der Waals surface area contributed by atoms with E-state index in [2.05, 4.69) is 39.0 Å². The van der Waals surface area contributed by atoms with Crippen LogP contribution in [-0.2, 0) is 6.54 Å². The van der Waals surface area contributed by atoms with E-state index in [1.807, 2.05) is 0 Å². The molecular formula is C19H33N7O2. The summed E-state index contributed by atoms with van der Waals surface area (Å²) in [6, 6.07) is 0. The molecule has 0 saturated heterocycles. The van der Waals surface area contributed by atoms with Crippen LogP contribution in [0.5, 0.6) is 0 Å². The quantitative estimate of drug-likeness (QED) is 0.471. The van der Waals surface area contributed by atoms with Crippen LogP contribution in [0.4, 0.5) is 11.8 Å². The average Bonchev–Trinajstić information content (AvgIpc) is 2.66. The highest BCUT2D eigenvalue weighted by Gasteiger charge is 2.15. The fourth-order valence-corrected chi connectivity index (χ4v) is 3.27. The highest BCUT2D eigenvalue weighted by Crippen LogP contribution is 2.12. The molecule has 0 aromatic carbocycles. The average molecular weight is 392 g/mol. The minimum absolute atomic E-state index is 0.0876. The van der Waals surface area contributed by atoms with Crippen LogP contribution in [0.3, 0.4) is 0 Å². The molecule has 0 atom stereocenters. The summed E-state index contributed by atoms with van der Waals surface area (Å²) in [6.45, 7) is 7.51. The van der Waals surface area contributed by atoms with Gasteiger partial charge in [-0.1, -0.05) is 39.5 Å². The number of anilines is 2. The van der Waals surface area contributed by atoms with Gasteiger partial charge in [0.1, 0.15) is 11.2 Å². The third kappa shape index (κ3) is 5.54. The number of rotatable bonds is 12. The van der Waals surface area contributed by atoms with Crippen molar-refractivity contribution in [1.29, 1.82) is 0 Å². The first kappa shape index (κ1) is 21.9. The molecule has 156 valence electrons. The third-order valence-electron chi connectivity index (χ3n) is 4.89. The first-order valence-electron chi connectivity index (χ1n) is 10.2. The molecule has 0 fully saturated rings. The summed E-state index contributed by atoms with van der Waals surface area (Å²) >= 11 is 0. The van der Waals surface area contributed by atoms with Crippen LogP contribution in [-0.4, -0.2) is 51.1 Å². The van der Waals surface area contributed by atoms with Crippen LogP contribution in [0.1, 0.15) is 52.4 Å². The Kier molecular flexibility index (Phi) is 8.43. The van der Waals surface area contributed by atoms with Crippen LogP contribution in [0.15, 0.2) is 9.59 Å². The number of fused-ring (bicyclic) bond motifs is 1. The van der Waals surface area contributed by atoms with Crippen molar-refractivity contribution in [3.63, 3.8) is 0 Å². The molecule has 2 aromatic rings. The van der Waals surface area contributed by atoms with E-state index in [1.165, 1.54) is 30.3 Å². The van der Waals surface area contributed by atoms with Crippen molar-refractivity contribution in [3.05, 3.63) is 20.8 Å². The van der Waals surface area contributed by atoms with Gasteiger partial charge in [-0.2, -0.15) is 9.97 Å². The van der Waals surface area contributed by atoms with Gasteiger partial charge in [0.25, 0.3) is 5.56 Å². The molecule has 9 heteroatoms. The molecule has 0 bridgehead atoms. The fraction of sp³-hybridized carbons (Fsp3) is 0.684. The van der Waals surface area contributed by atoms with Crippen LogP contribution in [0, 0.1) is 0 Å². The van der Waals surface area contributed by atoms with Gasteiger partial charge in [-0.15, -0.1) is 0 Å². The summed E-state index contributed by atoms with van der Waals surface area (Å²) in [7, 11) is 1.65. The van der Waals surface area contributed by atoms with E-state index in [4.69, 9.17) is 5.73 Å². The minimum Gasteiger partial charge on any atom is -0.383 e. The van der Waals surface area contributed by atoms with Crippen molar-refractivity contribution in [2.24, 2.45) is 0 Å². The van der Waals surface area contributed by atoms with Crippen molar-refractivity contribution in [2.75, 3.05) is 37.7 Å². The van der Waals surface area contributed by atoms with E-state index in [1.54, 1.807) is 7.05 Å². The van der Waals surface area contributed by atoms with E-state index in [-0.39, 0.29) is 16.9 Å². The first-order chi connectivity index (χ1) is 13.5. The summed E-state index contributed by atoms with van der Waals surface area (Å²) in [5.74, 6) is 0.203. The van der Waals surface area contributed by atoms with Crippen LogP contribution in [0.25, 0.3) is 11.0 Å². The Hall–Kier alpha value is -2.42. The number of nitrogens with two attached hydrogens (primary N) is 1. The zero-order chi connectivity index (χ0) is 20.5. The second-order valence-corrected chi connectivity index (χ2v) is 7.05. The van der Waals surface area contributed by atoms with Gasteiger partial charge in [0, 0.05) is 20.1 Å². The maximum atomic E-state index is 12.5. The molecule has 0 spiro atoms. The predicted octanol–water partition coefficient (Wildman–Crippen LogP) is 1.79. The molecule has 0 aliphatic heterocycles. The zero-order valence-electron chi connectivity index (χ0n) is 17.3. The highest BCUT2D eigenvalue weighted by molar-refractivity contribution is 5.85. The maximum absolute atomic E-state index is 12.5. The molecule has 2 heterocycles. The van der Waals surface area contributed by atoms with Gasteiger partial charge in [-0.05, 0) is 25.9 Å². The van der Waals surface area contributed by atoms with Crippen molar-refractivity contribution in [3.8, 4) is 0 Å². The van der Waals surface area contributed by atoms with Crippen LogP contribution < -0.4 is 22.3 Å². The zero-order valence-corrected chi connectivity index (χ0v) is 17.3. The number of hydrogen-bond acceptors (Lipinski definition) is 7. The summed E-state index contributed by atoms with van der Waals surface area (Å²) in [4.78, 5) is 38.0. The molecule has 2 rings (SSSR count). The van der Waals surface area contributed by atoms with E-state index in [0.717, 1.165) is 25.9 Å². The van der Waals surface area contributed by atoms with Gasteiger partial charge >= 0.3 is 5.69 Å². The van der Waals surface area contributed by atoms with Crippen molar-refractivity contribution in [2.45, 2.75) is 58.9 Å². The molecular weight excluding hydrogens is 358 g/mol. The molecule has 4 N–H and O–H groups in total. The predicted molar refractivity (Wildman–Crippen MR) is 114 cm³/mol. The molecule has 28 heavy (non-hydrogen) atoms. The Balaban J connectivity index is 2.28. The van der Waals surface area contributed by atoms with Crippen LogP contribution >= 0.6 is 0 Å². The van der Waals surface area contributed by atoms with Gasteiger partial charge in [-0.25, -0.2) is 4.79 Å². The van der Waals surface area contributed by atoms with E-state index >= 15 is 0 Å². The first-order valence-corrected chi connectivity index (χ1v) is 10.2. The minimum atomic E-state index is -0.479. The lowest BCUT2D eigenvalue weighted by atomic mass is 10.2. The number of nitrogens with zero attached hydrogens (tertiary/aromatic N) is 4. The second-order valence-electron chi connectivity index (χ2n) is 7.05. The van der Waals surface area contributed by atoms with E-state index in [9.17, 15) is 9.59 Å². The van der Waals surface area contributed by atoms with Gasteiger partial charge in [-0.3, -0.25) is 14.3 Å². The monoisotopic (exact) mass is 391 g/mol. The smallest absolute Gasteiger partial charge is 0.351 e. The van der Waals surface area contributed by atoms with E-state index in [0.29, 0.717) is 19.0 Å². The Bertz CT molecular complexity index is 865.